The number of anilines is 2. The molecule has 1 aliphatic rings. The topological polar surface area (TPSA) is 62.3 Å². The number of amides is 2. The van der Waals surface area contributed by atoms with Gasteiger partial charge in [-0.15, -0.1) is 0 Å². The quantitative estimate of drug-likeness (QED) is 0.718. The van der Waals surface area contributed by atoms with E-state index in [1.807, 2.05) is 6.07 Å². The lowest BCUT2D eigenvalue weighted by Gasteiger charge is -2.18. The number of hydrogen-bond donors (Lipinski definition) is 1. The second kappa shape index (κ2) is 7.40. The van der Waals surface area contributed by atoms with E-state index in [-0.39, 0.29) is 16.5 Å². The minimum absolute atomic E-state index is 0.0353. The summed E-state index contributed by atoms with van der Waals surface area (Å²) in [6.07, 6.45) is 3.86. The van der Waals surface area contributed by atoms with E-state index in [2.05, 4.69) is 10.3 Å². The molecule has 0 saturated heterocycles. The van der Waals surface area contributed by atoms with Crippen LogP contribution in [-0.4, -0.2) is 23.3 Å². The fourth-order valence-corrected chi connectivity index (χ4v) is 3.48. The molecule has 0 radical (unpaired) electrons. The van der Waals surface area contributed by atoms with Crippen molar-refractivity contribution in [1.82, 2.24) is 4.98 Å². The molecule has 0 unspecified atom stereocenters. The van der Waals surface area contributed by atoms with E-state index in [0.717, 1.165) is 17.7 Å². The number of carbonyl (C=O) groups excluding carboxylic acids is 2. The zero-order valence-corrected chi connectivity index (χ0v) is 15.4. The Kier molecular flexibility index (Phi) is 4.79. The third-order valence-corrected chi connectivity index (χ3v) is 4.92. The molecule has 7 heteroatoms. The van der Waals surface area contributed by atoms with Crippen LogP contribution in [0.3, 0.4) is 0 Å². The monoisotopic (exact) mass is 395 g/mol. The average Bonchev–Trinajstić information content (AvgIpc) is 3.11. The van der Waals surface area contributed by atoms with Crippen molar-refractivity contribution in [2.75, 3.05) is 16.8 Å². The van der Waals surface area contributed by atoms with Gasteiger partial charge in [0.05, 0.1) is 10.6 Å². The van der Waals surface area contributed by atoms with Crippen LogP contribution < -0.4 is 10.2 Å². The van der Waals surface area contributed by atoms with Crippen molar-refractivity contribution in [3.8, 4) is 0 Å². The number of halogens is 2. The van der Waals surface area contributed by atoms with Gasteiger partial charge >= 0.3 is 0 Å². The van der Waals surface area contributed by atoms with Crippen molar-refractivity contribution >= 4 is 34.8 Å². The van der Waals surface area contributed by atoms with Crippen LogP contribution in [0.2, 0.25) is 5.02 Å². The molecule has 1 N–H and O–H groups in total. The van der Waals surface area contributed by atoms with Crippen molar-refractivity contribution in [2.45, 2.75) is 6.42 Å². The van der Waals surface area contributed by atoms with Crippen LogP contribution in [0.1, 0.15) is 26.3 Å². The lowest BCUT2D eigenvalue weighted by molar-refractivity contribution is 0.0987. The molecule has 2 aromatic carbocycles. The molecule has 0 fully saturated rings. The maximum Gasteiger partial charge on any atom is 0.260 e. The zero-order chi connectivity index (χ0) is 19.7. The third kappa shape index (κ3) is 3.34. The minimum Gasteiger partial charge on any atom is -0.322 e. The molecule has 0 saturated carbocycles. The predicted octanol–water partition coefficient (Wildman–Crippen LogP) is 4.33. The van der Waals surface area contributed by atoms with Crippen molar-refractivity contribution in [3.05, 3.63) is 88.5 Å². The van der Waals surface area contributed by atoms with E-state index in [0.29, 0.717) is 17.8 Å². The van der Waals surface area contributed by atoms with Crippen molar-refractivity contribution < 1.29 is 14.0 Å². The molecule has 2 amide bonds. The molecule has 1 aliphatic heterocycles. The van der Waals surface area contributed by atoms with Gasteiger partial charge in [-0.1, -0.05) is 23.7 Å². The van der Waals surface area contributed by atoms with Crippen LogP contribution in [0, 0.1) is 5.82 Å². The van der Waals surface area contributed by atoms with Gasteiger partial charge in [0.2, 0.25) is 0 Å². The van der Waals surface area contributed by atoms with E-state index in [1.54, 1.807) is 41.6 Å². The number of benzene rings is 2. The van der Waals surface area contributed by atoms with Crippen LogP contribution in [0.4, 0.5) is 15.8 Å². The summed E-state index contributed by atoms with van der Waals surface area (Å²) in [6.45, 7) is 0.549. The van der Waals surface area contributed by atoms with E-state index < -0.39 is 11.7 Å². The summed E-state index contributed by atoms with van der Waals surface area (Å²) in [5.41, 5.74) is 2.51. The van der Waals surface area contributed by atoms with Gasteiger partial charge in [0.25, 0.3) is 11.8 Å². The van der Waals surface area contributed by atoms with Crippen molar-refractivity contribution in [2.24, 2.45) is 0 Å². The van der Waals surface area contributed by atoms with E-state index in [1.165, 1.54) is 18.2 Å². The van der Waals surface area contributed by atoms with E-state index in [9.17, 15) is 14.0 Å². The van der Waals surface area contributed by atoms with Gasteiger partial charge in [0, 0.05) is 35.9 Å². The molecule has 3 aromatic rings. The summed E-state index contributed by atoms with van der Waals surface area (Å²) in [5, 5.41) is 2.69. The Bertz CT molecular complexity index is 1050. The van der Waals surface area contributed by atoms with Crippen molar-refractivity contribution in [1.29, 1.82) is 0 Å². The van der Waals surface area contributed by atoms with E-state index >= 15 is 0 Å². The maximum atomic E-state index is 14.0. The Morgan fingerprint density at radius 1 is 1.11 bits per heavy atom. The minimum atomic E-state index is -0.694. The van der Waals surface area contributed by atoms with Gasteiger partial charge in [0.15, 0.2) is 0 Å². The normalized spacial score (nSPS) is 12.6. The standard InChI is InChI=1S/C21H15ClFN3O2/c22-16-2-1-3-17(23)19(16)20(27)25-15-5-4-13-8-11-26(18(13)12-15)21(28)14-6-9-24-10-7-14/h1-7,9-10,12H,8,11H2,(H,25,27). The highest BCUT2D eigenvalue weighted by atomic mass is 35.5. The second-order valence-electron chi connectivity index (χ2n) is 6.34. The summed E-state index contributed by atoms with van der Waals surface area (Å²) >= 11 is 5.96. The number of aromatic nitrogens is 1. The first-order valence-electron chi connectivity index (χ1n) is 8.65. The summed E-state index contributed by atoms with van der Waals surface area (Å²) in [5.74, 6) is -1.48. The predicted molar refractivity (Wildman–Crippen MR) is 105 cm³/mol. The fourth-order valence-electron chi connectivity index (χ4n) is 3.23. The van der Waals surface area contributed by atoms with Gasteiger partial charge in [-0.25, -0.2) is 4.39 Å². The SMILES string of the molecule is O=C(Nc1ccc2c(c1)N(C(=O)c1ccncc1)CC2)c1c(F)cccc1Cl. The maximum absolute atomic E-state index is 14.0. The molecule has 0 bridgehead atoms. The molecule has 4 rings (SSSR count). The van der Waals surface area contributed by atoms with Crippen LogP contribution in [-0.2, 0) is 6.42 Å². The largest absolute Gasteiger partial charge is 0.322 e. The molecule has 5 nitrogen and oxygen atoms in total. The number of rotatable bonds is 3. The van der Waals surface area contributed by atoms with E-state index in [4.69, 9.17) is 11.6 Å². The number of fused-ring (bicyclic) bond motifs is 1. The van der Waals surface area contributed by atoms with Gasteiger partial charge < -0.3 is 10.2 Å². The lowest BCUT2D eigenvalue weighted by Crippen LogP contribution is -2.28. The van der Waals surface area contributed by atoms with Crippen LogP contribution in [0.5, 0.6) is 0 Å². The Balaban J connectivity index is 1.61. The third-order valence-electron chi connectivity index (χ3n) is 4.60. The molecule has 0 spiro atoms. The Labute approximate surface area is 165 Å². The first-order valence-corrected chi connectivity index (χ1v) is 9.02. The summed E-state index contributed by atoms with van der Waals surface area (Å²) in [6, 6.07) is 12.7. The molecule has 140 valence electrons. The molecule has 0 aliphatic carbocycles. The highest BCUT2D eigenvalue weighted by Crippen LogP contribution is 2.32. The molecule has 0 atom stereocenters. The van der Waals surface area contributed by atoms with Gasteiger partial charge in [-0.05, 0) is 48.4 Å². The number of nitrogens with one attached hydrogen (secondary N) is 1. The summed E-state index contributed by atoms with van der Waals surface area (Å²) < 4.78 is 14.0. The smallest absolute Gasteiger partial charge is 0.260 e. The van der Waals surface area contributed by atoms with Crippen LogP contribution in [0.15, 0.2) is 60.9 Å². The van der Waals surface area contributed by atoms with Crippen molar-refractivity contribution in [3.63, 3.8) is 0 Å². The van der Waals surface area contributed by atoms with Gasteiger partial charge in [0.1, 0.15) is 5.82 Å². The van der Waals surface area contributed by atoms with Crippen LogP contribution >= 0.6 is 11.6 Å². The average molecular weight is 396 g/mol. The lowest BCUT2D eigenvalue weighted by atomic mass is 10.1. The second-order valence-corrected chi connectivity index (χ2v) is 6.74. The number of nitrogens with zero attached hydrogens (tertiary/aromatic N) is 2. The zero-order valence-electron chi connectivity index (χ0n) is 14.7. The number of hydrogen-bond acceptors (Lipinski definition) is 3. The number of pyridine rings is 1. The summed E-state index contributed by atoms with van der Waals surface area (Å²) in [7, 11) is 0. The first-order chi connectivity index (χ1) is 13.5. The Morgan fingerprint density at radius 3 is 2.64 bits per heavy atom. The van der Waals surface area contributed by atoms with Gasteiger partial charge in [-0.2, -0.15) is 0 Å². The molecular weight excluding hydrogens is 381 g/mol. The highest BCUT2D eigenvalue weighted by molar-refractivity contribution is 6.34. The molecule has 2 heterocycles. The Hall–Kier alpha value is -3.25. The molecule has 28 heavy (non-hydrogen) atoms. The molecule has 1 aromatic heterocycles. The fraction of sp³-hybridized carbons (Fsp3) is 0.0952. The van der Waals surface area contributed by atoms with Gasteiger partial charge in [-0.3, -0.25) is 14.6 Å². The molecular formula is C21H15ClFN3O2. The number of carbonyl (C=O) groups is 2. The summed E-state index contributed by atoms with van der Waals surface area (Å²) in [4.78, 5) is 30.9. The highest BCUT2D eigenvalue weighted by Gasteiger charge is 2.26. The van der Waals surface area contributed by atoms with Crippen LogP contribution in [0.25, 0.3) is 0 Å². The Morgan fingerprint density at radius 2 is 1.89 bits per heavy atom. The first kappa shape index (κ1) is 18.1.